The Kier molecular flexibility index (Phi) is 7.95. The normalized spacial score (nSPS) is 18.8. The molecule has 0 bridgehead atoms. The molecule has 0 radical (unpaired) electrons. The number of carboxylic acids is 1. The fourth-order valence-electron chi connectivity index (χ4n) is 2.74. The summed E-state index contributed by atoms with van der Waals surface area (Å²) in [6.07, 6.45) is 1.63. The third-order valence-corrected chi connectivity index (χ3v) is 6.24. The number of piperidine rings is 1. The molecule has 1 saturated heterocycles. The van der Waals surface area contributed by atoms with Crippen molar-refractivity contribution >= 4 is 40.0 Å². The lowest BCUT2D eigenvalue weighted by atomic mass is 10.00. The Bertz CT molecular complexity index is 682. The van der Waals surface area contributed by atoms with Crippen molar-refractivity contribution in [3.8, 4) is 0 Å². The van der Waals surface area contributed by atoms with E-state index in [9.17, 15) is 13.2 Å². The maximum Gasteiger partial charge on any atom is 0.317 e. The van der Waals surface area contributed by atoms with Crippen LogP contribution >= 0.6 is 24.0 Å². The van der Waals surface area contributed by atoms with Crippen molar-refractivity contribution in [2.75, 3.05) is 26.2 Å². The topological polar surface area (TPSA) is 86.7 Å². The number of nitrogens with zero attached hydrogens (tertiary/aromatic N) is 1. The molecule has 24 heavy (non-hydrogen) atoms. The van der Waals surface area contributed by atoms with Crippen molar-refractivity contribution < 1.29 is 18.3 Å². The summed E-state index contributed by atoms with van der Waals surface area (Å²) < 4.78 is 27.1. The van der Waals surface area contributed by atoms with Gasteiger partial charge in [0, 0.05) is 13.1 Å². The summed E-state index contributed by atoms with van der Waals surface area (Å²) in [5.74, 6) is -0.821. The number of aryl methyl sites for hydroxylation is 1. The van der Waals surface area contributed by atoms with E-state index in [1.807, 2.05) is 6.92 Å². The van der Waals surface area contributed by atoms with E-state index < -0.39 is 16.0 Å². The largest absolute Gasteiger partial charge is 0.480 e. The molecule has 1 aliphatic heterocycles. The summed E-state index contributed by atoms with van der Waals surface area (Å²) in [5, 5.41) is 11.7. The Morgan fingerprint density at radius 1 is 1.46 bits per heavy atom. The van der Waals surface area contributed by atoms with Gasteiger partial charge < -0.3 is 10.4 Å². The molecule has 0 spiro atoms. The molecule has 1 fully saturated rings. The van der Waals surface area contributed by atoms with E-state index in [-0.39, 0.29) is 34.8 Å². The number of aliphatic carboxylic acids is 1. The second-order valence-electron chi connectivity index (χ2n) is 5.83. The molecule has 1 aromatic carbocycles. The molecule has 1 aromatic rings. The number of hydrogen-bond acceptors (Lipinski definition) is 4. The predicted molar refractivity (Wildman–Crippen MR) is 95.4 cm³/mol. The van der Waals surface area contributed by atoms with Gasteiger partial charge in [0.25, 0.3) is 0 Å². The van der Waals surface area contributed by atoms with Crippen LogP contribution in [-0.2, 0) is 14.8 Å². The van der Waals surface area contributed by atoms with Gasteiger partial charge in [0.2, 0.25) is 10.0 Å². The van der Waals surface area contributed by atoms with Gasteiger partial charge in [0.1, 0.15) is 4.90 Å². The fourth-order valence-corrected chi connectivity index (χ4v) is 4.86. The lowest BCUT2D eigenvalue weighted by molar-refractivity contribution is -0.136. The molecule has 9 heteroatoms. The minimum absolute atomic E-state index is 0. The third-order valence-electron chi connectivity index (χ3n) is 3.90. The molecule has 1 unspecified atom stereocenters. The van der Waals surface area contributed by atoms with Crippen molar-refractivity contribution in [2.24, 2.45) is 5.92 Å². The number of carbonyl (C=O) groups is 1. The maximum absolute atomic E-state index is 12.8. The zero-order valence-electron chi connectivity index (χ0n) is 13.4. The van der Waals surface area contributed by atoms with E-state index in [2.05, 4.69) is 5.32 Å². The van der Waals surface area contributed by atoms with Crippen molar-refractivity contribution in [3.63, 3.8) is 0 Å². The van der Waals surface area contributed by atoms with Crippen LogP contribution in [-0.4, -0.2) is 50.0 Å². The van der Waals surface area contributed by atoms with Crippen molar-refractivity contribution in [2.45, 2.75) is 24.7 Å². The lowest BCUT2D eigenvalue weighted by Crippen LogP contribution is -2.43. The van der Waals surface area contributed by atoms with Crippen molar-refractivity contribution in [1.82, 2.24) is 9.62 Å². The highest BCUT2D eigenvalue weighted by atomic mass is 35.5. The summed E-state index contributed by atoms with van der Waals surface area (Å²) in [6.45, 7) is 3.03. The van der Waals surface area contributed by atoms with E-state index in [4.69, 9.17) is 16.7 Å². The molecular formula is C15H22Cl2N2O4S. The Hall–Kier alpha value is -0.860. The molecule has 0 aromatic heterocycles. The molecule has 1 aliphatic rings. The molecule has 2 N–H and O–H groups in total. The molecule has 0 saturated carbocycles. The van der Waals surface area contributed by atoms with E-state index in [0.717, 1.165) is 18.4 Å². The molecule has 0 amide bonds. The van der Waals surface area contributed by atoms with Crippen LogP contribution in [0, 0.1) is 12.8 Å². The van der Waals surface area contributed by atoms with Gasteiger partial charge in [-0.15, -0.1) is 12.4 Å². The van der Waals surface area contributed by atoms with Crippen LogP contribution in [0.1, 0.15) is 18.4 Å². The maximum atomic E-state index is 12.8. The van der Waals surface area contributed by atoms with Gasteiger partial charge in [-0.05, 0) is 49.9 Å². The quantitative estimate of drug-likeness (QED) is 0.768. The van der Waals surface area contributed by atoms with Crippen molar-refractivity contribution in [1.29, 1.82) is 0 Å². The number of benzene rings is 1. The van der Waals surface area contributed by atoms with Gasteiger partial charge in [-0.2, -0.15) is 4.31 Å². The predicted octanol–water partition coefficient (Wildman–Crippen LogP) is 2.15. The van der Waals surface area contributed by atoms with Crippen LogP contribution in [0.3, 0.4) is 0 Å². The minimum atomic E-state index is -3.63. The van der Waals surface area contributed by atoms with Gasteiger partial charge in [-0.3, -0.25) is 4.79 Å². The summed E-state index contributed by atoms with van der Waals surface area (Å²) in [5.41, 5.74) is 0.838. The number of rotatable bonds is 6. The molecule has 0 aliphatic carbocycles. The highest BCUT2D eigenvalue weighted by Crippen LogP contribution is 2.28. The molecule has 1 atom stereocenters. The van der Waals surface area contributed by atoms with Crippen LogP contribution in [0.15, 0.2) is 23.1 Å². The smallest absolute Gasteiger partial charge is 0.317 e. The highest BCUT2D eigenvalue weighted by Gasteiger charge is 2.31. The summed E-state index contributed by atoms with van der Waals surface area (Å²) in [6, 6.07) is 4.96. The first-order valence-corrected chi connectivity index (χ1v) is 9.31. The monoisotopic (exact) mass is 396 g/mol. The van der Waals surface area contributed by atoms with E-state index >= 15 is 0 Å². The molecule has 6 nitrogen and oxygen atoms in total. The number of carboxylic acid groups (broad SMARTS) is 1. The fraction of sp³-hybridized carbons (Fsp3) is 0.533. The Balaban J connectivity index is 0.00000288. The standard InChI is InChI=1S/C15H21ClN2O4S.ClH/c1-11-4-5-13(16)14(7-11)23(21,22)18-6-2-3-12(10-18)8-17-9-15(19)20;/h4-5,7,12,17H,2-3,6,8-10H2,1H3,(H,19,20);1H. The number of sulfonamides is 1. The highest BCUT2D eigenvalue weighted by molar-refractivity contribution is 7.89. The Morgan fingerprint density at radius 2 is 2.17 bits per heavy atom. The number of halogens is 2. The Labute approximate surface area is 153 Å². The van der Waals surface area contributed by atoms with Gasteiger partial charge in [-0.25, -0.2) is 8.42 Å². The zero-order valence-corrected chi connectivity index (χ0v) is 15.8. The van der Waals surface area contributed by atoms with E-state index in [1.165, 1.54) is 4.31 Å². The van der Waals surface area contributed by atoms with Crippen molar-refractivity contribution in [3.05, 3.63) is 28.8 Å². The average molecular weight is 397 g/mol. The first kappa shape index (κ1) is 21.2. The second-order valence-corrected chi connectivity index (χ2v) is 8.14. The van der Waals surface area contributed by atoms with Crippen LogP contribution in [0.4, 0.5) is 0 Å². The third kappa shape index (κ3) is 5.32. The van der Waals surface area contributed by atoms with E-state index in [0.29, 0.717) is 19.6 Å². The Morgan fingerprint density at radius 3 is 2.83 bits per heavy atom. The summed E-state index contributed by atoms with van der Waals surface area (Å²) in [7, 11) is -3.63. The summed E-state index contributed by atoms with van der Waals surface area (Å²) in [4.78, 5) is 10.7. The average Bonchev–Trinajstić information content (AvgIpc) is 2.49. The van der Waals surface area contributed by atoms with E-state index in [1.54, 1.807) is 18.2 Å². The van der Waals surface area contributed by atoms with Crippen LogP contribution in [0.2, 0.25) is 5.02 Å². The summed E-state index contributed by atoms with van der Waals surface area (Å²) >= 11 is 6.07. The first-order valence-electron chi connectivity index (χ1n) is 7.49. The van der Waals surface area contributed by atoms with Crippen LogP contribution in [0.25, 0.3) is 0 Å². The lowest BCUT2D eigenvalue weighted by Gasteiger charge is -2.32. The molecule has 2 rings (SSSR count). The zero-order chi connectivity index (χ0) is 17.0. The SMILES string of the molecule is Cc1ccc(Cl)c(S(=O)(=O)N2CCCC(CNCC(=O)O)C2)c1.Cl. The van der Waals surface area contributed by atoms with Crippen LogP contribution < -0.4 is 5.32 Å². The molecule has 136 valence electrons. The number of nitrogens with one attached hydrogen (secondary N) is 1. The number of hydrogen-bond donors (Lipinski definition) is 2. The van der Waals surface area contributed by atoms with Gasteiger partial charge >= 0.3 is 5.97 Å². The van der Waals surface area contributed by atoms with Gasteiger partial charge in [-0.1, -0.05) is 17.7 Å². The molecule has 1 heterocycles. The van der Waals surface area contributed by atoms with Crippen LogP contribution in [0.5, 0.6) is 0 Å². The first-order chi connectivity index (χ1) is 10.8. The minimum Gasteiger partial charge on any atom is -0.480 e. The van der Waals surface area contributed by atoms with Gasteiger partial charge in [0.05, 0.1) is 11.6 Å². The molecular weight excluding hydrogens is 375 g/mol. The van der Waals surface area contributed by atoms with Gasteiger partial charge in [0.15, 0.2) is 0 Å². The second kappa shape index (κ2) is 9.01.